The molecule has 0 aliphatic carbocycles. The van der Waals surface area contributed by atoms with E-state index in [9.17, 15) is 4.79 Å². The molecule has 0 aromatic heterocycles. The van der Waals surface area contributed by atoms with E-state index in [1.807, 2.05) is 13.8 Å². The molecule has 0 fully saturated rings. The van der Waals surface area contributed by atoms with Gasteiger partial charge < -0.3 is 0 Å². The summed E-state index contributed by atoms with van der Waals surface area (Å²) in [6.07, 6.45) is 1.62. The second-order valence-electron chi connectivity index (χ2n) is 5.81. The SMILES string of the molecule is CCCC(=O)C(C)c1ccc(C(C)(C)C)cc1. The number of hydrogen-bond acceptors (Lipinski definition) is 1. The summed E-state index contributed by atoms with van der Waals surface area (Å²) in [7, 11) is 0. The van der Waals surface area contributed by atoms with Gasteiger partial charge in [-0.15, -0.1) is 0 Å². The molecule has 94 valence electrons. The maximum atomic E-state index is 11.8. The summed E-state index contributed by atoms with van der Waals surface area (Å²) in [5.41, 5.74) is 2.63. The Morgan fingerprint density at radius 3 is 2.12 bits per heavy atom. The van der Waals surface area contributed by atoms with Crippen molar-refractivity contribution in [1.82, 2.24) is 0 Å². The standard InChI is InChI=1S/C16H24O/c1-6-7-15(17)12(2)13-8-10-14(11-9-13)16(3,4)5/h8-12H,6-7H2,1-5H3. The van der Waals surface area contributed by atoms with Crippen LogP contribution in [0.2, 0.25) is 0 Å². The molecule has 1 aromatic rings. The van der Waals surface area contributed by atoms with Crippen LogP contribution >= 0.6 is 0 Å². The molecule has 1 nitrogen and oxygen atoms in total. The van der Waals surface area contributed by atoms with E-state index < -0.39 is 0 Å². The third kappa shape index (κ3) is 3.69. The van der Waals surface area contributed by atoms with Crippen LogP contribution in [-0.4, -0.2) is 5.78 Å². The third-order valence-electron chi connectivity index (χ3n) is 3.26. The van der Waals surface area contributed by atoms with Gasteiger partial charge >= 0.3 is 0 Å². The van der Waals surface area contributed by atoms with Gasteiger partial charge in [-0.05, 0) is 23.0 Å². The van der Waals surface area contributed by atoms with Gasteiger partial charge in [-0.25, -0.2) is 0 Å². The first-order chi connectivity index (χ1) is 7.86. The molecular weight excluding hydrogens is 208 g/mol. The molecule has 0 heterocycles. The molecule has 1 heteroatoms. The summed E-state index contributed by atoms with van der Waals surface area (Å²) in [6, 6.07) is 8.48. The van der Waals surface area contributed by atoms with Crippen molar-refractivity contribution in [2.24, 2.45) is 0 Å². The van der Waals surface area contributed by atoms with E-state index in [1.54, 1.807) is 0 Å². The zero-order chi connectivity index (χ0) is 13.1. The molecule has 1 unspecified atom stereocenters. The Hall–Kier alpha value is -1.11. The molecule has 0 N–H and O–H groups in total. The highest BCUT2D eigenvalue weighted by molar-refractivity contribution is 5.85. The average Bonchev–Trinajstić information content (AvgIpc) is 2.27. The first-order valence-corrected chi connectivity index (χ1v) is 6.49. The normalized spacial score (nSPS) is 13.5. The van der Waals surface area contributed by atoms with Crippen molar-refractivity contribution in [2.75, 3.05) is 0 Å². The quantitative estimate of drug-likeness (QED) is 0.749. The number of carbonyl (C=O) groups is 1. The van der Waals surface area contributed by atoms with Crippen molar-refractivity contribution >= 4 is 5.78 Å². The fourth-order valence-corrected chi connectivity index (χ4v) is 1.92. The van der Waals surface area contributed by atoms with Crippen molar-refractivity contribution in [3.8, 4) is 0 Å². The van der Waals surface area contributed by atoms with Gasteiger partial charge in [-0.2, -0.15) is 0 Å². The van der Waals surface area contributed by atoms with Gasteiger partial charge in [-0.3, -0.25) is 4.79 Å². The molecule has 0 bridgehead atoms. The molecule has 1 atom stereocenters. The van der Waals surface area contributed by atoms with E-state index >= 15 is 0 Å². The molecule has 1 aromatic carbocycles. The zero-order valence-corrected chi connectivity index (χ0v) is 11.7. The van der Waals surface area contributed by atoms with E-state index in [2.05, 4.69) is 45.0 Å². The largest absolute Gasteiger partial charge is 0.299 e. The second-order valence-corrected chi connectivity index (χ2v) is 5.81. The smallest absolute Gasteiger partial charge is 0.140 e. The van der Waals surface area contributed by atoms with E-state index in [-0.39, 0.29) is 11.3 Å². The summed E-state index contributed by atoms with van der Waals surface area (Å²) in [6.45, 7) is 10.7. The van der Waals surface area contributed by atoms with Gasteiger partial charge in [-0.1, -0.05) is 58.9 Å². The minimum Gasteiger partial charge on any atom is -0.299 e. The molecule has 17 heavy (non-hydrogen) atoms. The second kappa shape index (κ2) is 5.48. The maximum absolute atomic E-state index is 11.8. The molecule has 0 aliphatic rings. The molecule has 0 radical (unpaired) electrons. The van der Waals surface area contributed by atoms with Crippen LogP contribution in [0.4, 0.5) is 0 Å². The lowest BCUT2D eigenvalue weighted by atomic mass is 9.85. The highest BCUT2D eigenvalue weighted by Gasteiger charge is 2.16. The molecule has 1 rings (SSSR count). The van der Waals surface area contributed by atoms with E-state index in [1.165, 1.54) is 5.56 Å². The average molecular weight is 232 g/mol. The lowest BCUT2D eigenvalue weighted by Gasteiger charge is -2.20. The zero-order valence-electron chi connectivity index (χ0n) is 11.7. The van der Waals surface area contributed by atoms with Gasteiger partial charge in [0.2, 0.25) is 0 Å². The Balaban J connectivity index is 2.84. The van der Waals surface area contributed by atoms with E-state index in [0.717, 1.165) is 12.0 Å². The number of Topliss-reactive ketones (excluding diaryl/α,β-unsaturated/α-hetero) is 1. The van der Waals surface area contributed by atoms with Gasteiger partial charge in [0, 0.05) is 12.3 Å². The molecule has 0 aliphatic heterocycles. The topological polar surface area (TPSA) is 17.1 Å². The lowest BCUT2D eigenvalue weighted by molar-refractivity contribution is -0.120. The minimum absolute atomic E-state index is 0.0315. The van der Waals surface area contributed by atoms with Gasteiger partial charge in [0.1, 0.15) is 5.78 Å². The third-order valence-corrected chi connectivity index (χ3v) is 3.26. The molecule has 0 amide bonds. The lowest BCUT2D eigenvalue weighted by Crippen LogP contribution is -2.12. The molecule has 0 saturated heterocycles. The van der Waals surface area contributed by atoms with Crippen LogP contribution in [0.15, 0.2) is 24.3 Å². The van der Waals surface area contributed by atoms with Crippen LogP contribution in [0.5, 0.6) is 0 Å². The monoisotopic (exact) mass is 232 g/mol. The number of benzene rings is 1. The van der Waals surface area contributed by atoms with Gasteiger partial charge in [0.05, 0.1) is 0 Å². The Kier molecular flexibility index (Phi) is 4.50. The maximum Gasteiger partial charge on any atom is 0.140 e. The Morgan fingerprint density at radius 2 is 1.71 bits per heavy atom. The van der Waals surface area contributed by atoms with E-state index in [0.29, 0.717) is 12.2 Å². The molecular formula is C16H24O. The number of carbonyl (C=O) groups excluding carboxylic acids is 1. The van der Waals surface area contributed by atoms with Crippen LogP contribution in [0.25, 0.3) is 0 Å². The van der Waals surface area contributed by atoms with Crippen molar-refractivity contribution in [3.05, 3.63) is 35.4 Å². The Bertz CT molecular complexity index is 368. The van der Waals surface area contributed by atoms with Gasteiger partial charge in [0.25, 0.3) is 0 Å². The first kappa shape index (κ1) is 14.0. The predicted molar refractivity (Wildman–Crippen MR) is 73.5 cm³/mol. The van der Waals surface area contributed by atoms with Gasteiger partial charge in [0.15, 0.2) is 0 Å². The van der Waals surface area contributed by atoms with Crippen LogP contribution < -0.4 is 0 Å². The summed E-state index contributed by atoms with van der Waals surface area (Å²) in [5.74, 6) is 0.375. The van der Waals surface area contributed by atoms with Crippen LogP contribution in [0.3, 0.4) is 0 Å². The van der Waals surface area contributed by atoms with Crippen LogP contribution in [0, 0.1) is 0 Å². The first-order valence-electron chi connectivity index (χ1n) is 6.49. The van der Waals surface area contributed by atoms with Crippen LogP contribution in [0.1, 0.15) is 64.5 Å². The highest BCUT2D eigenvalue weighted by Crippen LogP contribution is 2.25. The van der Waals surface area contributed by atoms with Crippen molar-refractivity contribution in [3.63, 3.8) is 0 Å². The predicted octanol–water partition coefficient (Wildman–Crippen LogP) is 4.46. The number of hydrogen-bond donors (Lipinski definition) is 0. The Morgan fingerprint density at radius 1 is 1.18 bits per heavy atom. The number of ketones is 1. The van der Waals surface area contributed by atoms with Crippen molar-refractivity contribution in [2.45, 2.75) is 58.8 Å². The summed E-state index contributed by atoms with van der Waals surface area (Å²) < 4.78 is 0. The van der Waals surface area contributed by atoms with E-state index in [4.69, 9.17) is 0 Å². The fraction of sp³-hybridized carbons (Fsp3) is 0.562. The molecule has 0 spiro atoms. The number of rotatable bonds is 4. The molecule has 0 saturated carbocycles. The highest BCUT2D eigenvalue weighted by atomic mass is 16.1. The van der Waals surface area contributed by atoms with Crippen LogP contribution in [-0.2, 0) is 10.2 Å². The Labute approximate surface area is 105 Å². The minimum atomic E-state index is 0.0315. The van der Waals surface area contributed by atoms with Crippen molar-refractivity contribution < 1.29 is 4.79 Å². The summed E-state index contributed by atoms with van der Waals surface area (Å²) >= 11 is 0. The van der Waals surface area contributed by atoms with Crippen molar-refractivity contribution in [1.29, 1.82) is 0 Å². The fourth-order valence-electron chi connectivity index (χ4n) is 1.92. The summed E-state index contributed by atoms with van der Waals surface area (Å²) in [4.78, 5) is 11.8. The summed E-state index contributed by atoms with van der Waals surface area (Å²) in [5, 5.41) is 0.